The summed E-state index contributed by atoms with van der Waals surface area (Å²) in [6.45, 7) is 0. The summed E-state index contributed by atoms with van der Waals surface area (Å²) in [6, 6.07) is 29.7. The van der Waals surface area contributed by atoms with Crippen LogP contribution in [0.4, 0.5) is 11.4 Å². The molecule has 4 aromatic rings. The van der Waals surface area contributed by atoms with Crippen LogP contribution in [0, 0.1) is 0 Å². The number of para-hydroxylation sites is 2. The van der Waals surface area contributed by atoms with Gasteiger partial charge in [-0.2, -0.15) is 0 Å². The molecule has 1 unspecified atom stereocenters. The molecule has 34 heavy (non-hydrogen) atoms. The van der Waals surface area contributed by atoms with Gasteiger partial charge in [-0.05, 0) is 66.7 Å². The molecule has 0 bridgehead atoms. The summed E-state index contributed by atoms with van der Waals surface area (Å²) in [4.78, 5) is 4.99. The first kappa shape index (κ1) is 22.1. The molecule has 1 atom stereocenters. The molecule has 0 aromatic heterocycles. The van der Waals surface area contributed by atoms with E-state index in [1.807, 2.05) is 91.1 Å². The van der Waals surface area contributed by atoms with Gasteiger partial charge in [0.05, 0.1) is 5.71 Å². The van der Waals surface area contributed by atoms with Crippen LogP contribution in [-0.2, 0) is 0 Å². The summed E-state index contributed by atoms with van der Waals surface area (Å²) in [5.74, 6) is 0.834. The number of phenolic OH excluding ortho intramolecular Hbond substituents is 1. The molecule has 0 aliphatic carbocycles. The first-order valence-electron chi connectivity index (χ1n) is 10.7. The Hall–Kier alpha value is -3.73. The molecule has 0 spiro atoms. The number of anilines is 1. The molecular weight excluding hydrogens is 467 g/mol. The molecule has 1 aliphatic rings. The van der Waals surface area contributed by atoms with Gasteiger partial charge >= 0.3 is 0 Å². The van der Waals surface area contributed by atoms with Gasteiger partial charge in [0.1, 0.15) is 17.2 Å². The molecule has 2 N–H and O–H groups in total. The summed E-state index contributed by atoms with van der Waals surface area (Å²) in [5.41, 5.74) is 4.70. The van der Waals surface area contributed by atoms with Gasteiger partial charge in [0.25, 0.3) is 0 Å². The number of halogens is 2. The van der Waals surface area contributed by atoms with E-state index in [0.29, 0.717) is 27.2 Å². The van der Waals surface area contributed by atoms with E-state index in [-0.39, 0.29) is 5.75 Å². The Morgan fingerprint density at radius 3 is 2.29 bits per heavy atom. The van der Waals surface area contributed by atoms with Crippen molar-refractivity contribution in [3.63, 3.8) is 0 Å². The lowest BCUT2D eigenvalue weighted by molar-refractivity contribution is 0.252. The van der Waals surface area contributed by atoms with E-state index in [0.717, 1.165) is 22.4 Å². The van der Waals surface area contributed by atoms with Crippen LogP contribution in [-0.4, -0.2) is 10.8 Å². The number of benzene rings is 4. The van der Waals surface area contributed by atoms with Crippen molar-refractivity contribution in [2.24, 2.45) is 4.99 Å². The van der Waals surface area contributed by atoms with Crippen LogP contribution in [0.25, 0.3) is 0 Å². The number of hydrogen-bond donors (Lipinski definition) is 2. The lowest BCUT2D eigenvalue weighted by Gasteiger charge is -2.23. The van der Waals surface area contributed by atoms with E-state index in [1.54, 1.807) is 12.1 Å². The third kappa shape index (κ3) is 4.65. The van der Waals surface area contributed by atoms with Crippen LogP contribution >= 0.6 is 23.2 Å². The van der Waals surface area contributed by atoms with Crippen LogP contribution in [0.5, 0.6) is 11.5 Å². The smallest absolute Gasteiger partial charge is 0.154 e. The normalized spacial score (nSPS) is 16.2. The Morgan fingerprint density at radius 2 is 1.53 bits per heavy atom. The standard InChI is InChI=1S/C28H20Cl2N2O2/c29-19-11-13-20(14-12-19)31-17-23-27(18-9-15-21(33)16-10-18)32-25-7-3-4-8-26(25)34-28(23)22-5-1-2-6-24(22)30/h1-17,28,31,33H/b23-17+. The van der Waals surface area contributed by atoms with Gasteiger partial charge in [0.2, 0.25) is 0 Å². The summed E-state index contributed by atoms with van der Waals surface area (Å²) in [5, 5.41) is 14.5. The lowest BCUT2D eigenvalue weighted by atomic mass is 9.94. The zero-order valence-corrected chi connectivity index (χ0v) is 19.5. The number of aromatic hydroxyl groups is 1. The average molecular weight is 487 g/mol. The molecule has 5 rings (SSSR count). The van der Waals surface area contributed by atoms with Crippen LogP contribution < -0.4 is 10.1 Å². The number of hydrogen-bond acceptors (Lipinski definition) is 4. The predicted octanol–water partition coefficient (Wildman–Crippen LogP) is 7.95. The molecule has 0 fully saturated rings. The van der Waals surface area contributed by atoms with Crippen molar-refractivity contribution in [1.29, 1.82) is 0 Å². The fourth-order valence-electron chi connectivity index (χ4n) is 3.77. The molecule has 0 amide bonds. The second-order valence-corrected chi connectivity index (χ2v) is 8.59. The molecule has 168 valence electrons. The van der Waals surface area contributed by atoms with E-state index in [1.165, 1.54) is 0 Å². The van der Waals surface area contributed by atoms with Crippen molar-refractivity contribution < 1.29 is 9.84 Å². The van der Waals surface area contributed by atoms with Crippen molar-refractivity contribution in [3.8, 4) is 11.5 Å². The minimum atomic E-state index is -0.537. The number of fused-ring (bicyclic) bond motifs is 1. The SMILES string of the molecule is Oc1ccc(C2=Nc3ccccc3OC(c3ccccc3Cl)/C2=C/Nc2ccc(Cl)cc2)cc1. The highest BCUT2D eigenvalue weighted by Gasteiger charge is 2.29. The van der Waals surface area contributed by atoms with E-state index < -0.39 is 6.10 Å². The van der Waals surface area contributed by atoms with Gasteiger partial charge in [0, 0.05) is 38.6 Å². The van der Waals surface area contributed by atoms with Crippen LogP contribution in [0.1, 0.15) is 17.2 Å². The Kier molecular flexibility index (Phi) is 6.26. The van der Waals surface area contributed by atoms with E-state index in [2.05, 4.69) is 5.32 Å². The summed E-state index contributed by atoms with van der Waals surface area (Å²) < 4.78 is 6.54. The minimum Gasteiger partial charge on any atom is -0.508 e. The average Bonchev–Trinajstić information content (AvgIpc) is 3.01. The first-order chi connectivity index (χ1) is 16.6. The van der Waals surface area contributed by atoms with Gasteiger partial charge in [0.15, 0.2) is 6.10 Å². The molecule has 0 radical (unpaired) electrons. The summed E-state index contributed by atoms with van der Waals surface area (Å²) in [6.07, 6.45) is 1.35. The number of nitrogens with zero attached hydrogens (tertiary/aromatic N) is 1. The van der Waals surface area contributed by atoms with Gasteiger partial charge in [-0.25, -0.2) is 4.99 Å². The number of rotatable bonds is 4. The molecular formula is C28H20Cl2N2O2. The van der Waals surface area contributed by atoms with Crippen molar-refractivity contribution in [3.05, 3.63) is 130 Å². The third-order valence-electron chi connectivity index (χ3n) is 5.47. The maximum Gasteiger partial charge on any atom is 0.154 e. The fraction of sp³-hybridized carbons (Fsp3) is 0.0357. The number of ether oxygens (including phenoxy) is 1. The van der Waals surface area contributed by atoms with E-state index in [9.17, 15) is 5.11 Å². The largest absolute Gasteiger partial charge is 0.508 e. The highest BCUT2D eigenvalue weighted by atomic mass is 35.5. The number of aliphatic imine (C=N–C) groups is 1. The molecule has 4 aromatic carbocycles. The summed E-state index contributed by atoms with van der Waals surface area (Å²) in [7, 11) is 0. The Labute approximate surface area is 207 Å². The topological polar surface area (TPSA) is 53.9 Å². The van der Waals surface area contributed by atoms with Gasteiger partial charge in [-0.1, -0.05) is 53.5 Å². The monoisotopic (exact) mass is 486 g/mol. The molecule has 0 saturated carbocycles. The van der Waals surface area contributed by atoms with Crippen LogP contribution in [0.3, 0.4) is 0 Å². The number of nitrogens with one attached hydrogen (secondary N) is 1. The van der Waals surface area contributed by atoms with Crippen molar-refractivity contribution >= 4 is 40.3 Å². The van der Waals surface area contributed by atoms with Gasteiger partial charge in [-0.15, -0.1) is 0 Å². The van der Waals surface area contributed by atoms with E-state index >= 15 is 0 Å². The quantitative estimate of drug-likeness (QED) is 0.307. The first-order valence-corrected chi connectivity index (χ1v) is 11.4. The Balaban J connectivity index is 1.71. The highest BCUT2D eigenvalue weighted by molar-refractivity contribution is 6.31. The molecule has 1 heterocycles. The number of phenols is 1. The zero-order chi connectivity index (χ0) is 23.5. The van der Waals surface area contributed by atoms with Crippen molar-refractivity contribution in [2.75, 3.05) is 5.32 Å². The highest BCUT2D eigenvalue weighted by Crippen LogP contribution is 2.42. The van der Waals surface area contributed by atoms with Crippen LogP contribution in [0.2, 0.25) is 10.0 Å². The maximum atomic E-state index is 9.86. The third-order valence-corrected chi connectivity index (χ3v) is 6.06. The molecule has 6 heteroatoms. The van der Waals surface area contributed by atoms with Crippen molar-refractivity contribution in [2.45, 2.75) is 6.10 Å². The van der Waals surface area contributed by atoms with Crippen molar-refractivity contribution in [1.82, 2.24) is 0 Å². The predicted molar refractivity (Wildman–Crippen MR) is 139 cm³/mol. The van der Waals surface area contributed by atoms with Gasteiger partial charge in [-0.3, -0.25) is 0 Å². The molecule has 1 aliphatic heterocycles. The lowest BCUT2D eigenvalue weighted by Crippen LogP contribution is -2.18. The van der Waals surface area contributed by atoms with Crippen LogP contribution in [0.15, 0.2) is 114 Å². The Morgan fingerprint density at radius 1 is 0.824 bits per heavy atom. The van der Waals surface area contributed by atoms with Gasteiger partial charge < -0.3 is 15.2 Å². The molecule has 4 nitrogen and oxygen atoms in total. The fourth-order valence-corrected chi connectivity index (χ4v) is 4.13. The Bertz CT molecular complexity index is 1380. The summed E-state index contributed by atoms with van der Waals surface area (Å²) >= 11 is 12.7. The minimum absolute atomic E-state index is 0.182. The second kappa shape index (κ2) is 9.64. The second-order valence-electron chi connectivity index (χ2n) is 7.75. The zero-order valence-electron chi connectivity index (χ0n) is 18.0. The maximum absolute atomic E-state index is 9.86. The molecule has 0 saturated heterocycles. The van der Waals surface area contributed by atoms with E-state index in [4.69, 9.17) is 32.9 Å².